The molecule has 0 aliphatic heterocycles. The van der Waals surface area contributed by atoms with Crippen molar-refractivity contribution in [2.45, 2.75) is 6.92 Å². The Bertz CT molecular complexity index is 1070. The lowest BCUT2D eigenvalue weighted by atomic mass is 9.99. The molecule has 0 atom stereocenters. The fourth-order valence-corrected chi connectivity index (χ4v) is 2.75. The van der Waals surface area contributed by atoms with E-state index in [0.29, 0.717) is 16.8 Å². The van der Waals surface area contributed by atoms with E-state index < -0.39 is 10.7 Å². The molecule has 2 aromatic carbocycles. The van der Waals surface area contributed by atoms with E-state index >= 15 is 0 Å². The number of allylic oxidation sites excluding steroid dienone is 1. The van der Waals surface area contributed by atoms with Gasteiger partial charge in [0.2, 0.25) is 5.78 Å². The summed E-state index contributed by atoms with van der Waals surface area (Å²) in [6, 6.07) is 15.1. The van der Waals surface area contributed by atoms with Crippen LogP contribution >= 0.6 is 0 Å². The average Bonchev–Trinajstić information content (AvgIpc) is 2.95. The number of nitro benzene ring substituents is 1. The van der Waals surface area contributed by atoms with Crippen molar-refractivity contribution in [2.75, 3.05) is 0 Å². The summed E-state index contributed by atoms with van der Waals surface area (Å²) in [5, 5.41) is 21.0. The zero-order chi connectivity index (χ0) is 18.0. The fraction of sp³-hybridized carbons (Fsp3) is 0.0526. The van der Waals surface area contributed by atoms with Gasteiger partial charge in [0, 0.05) is 28.7 Å². The minimum absolute atomic E-state index is 0.0756. The average molecular weight is 331 g/mol. The molecule has 0 aliphatic rings. The maximum absolute atomic E-state index is 12.9. The predicted molar refractivity (Wildman–Crippen MR) is 94.1 cm³/mol. The highest BCUT2D eigenvalue weighted by Gasteiger charge is 2.19. The Balaban J connectivity index is 2.08. The summed E-state index contributed by atoms with van der Waals surface area (Å²) in [6.07, 6.45) is 1.37. The van der Waals surface area contributed by atoms with Gasteiger partial charge in [-0.3, -0.25) is 14.9 Å². The number of benzene rings is 2. The minimum atomic E-state index is -0.519. The van der Waals surface area contributed by atoms with Gasteiger partial charge in [-0.2, -0.15) is 5.26 Å². The minimum Gasteiger partial charge on any atom is -0.358 e. The van der Waals surface area contributed by atoms with Crippen molar-refractivity contribution in [3.8, 4) is 6.07 Å². The summed E-state index contributed by atoms with van der Waals surface area (Å²) < 4.78 is 0. The van der Waals surface area contributed by atoms with Gasteiger partial charge in [-0.25, -0.2) is 0 Å². The number of H-pyrrole nitrogens is 1. The van der Waals surface area contributed by atoms with Crippen molar-refractivity contribution >= 4 is 28.4 Å². The lowest BCUT2D eigenvalue weighted by molar-refractivity contribution is -0.384. The van der Waals surface area contributed by atoms with Crippen LogP contribution in [0.4, 0.5) is 5.69 Å². The Morgan fingerprint density at radius 1 is 1.24 bits per heavy atom. The van der Waals surface area contributed by atoms with E-state index in [1.807, 2.05) is 30.3 Å². The third kappa shape index (κ3) is 3.03. The van der Waals surface area contributed by atoms with E-state index in [9.17, 15) is 20.2 Å². The largest absolute Gasteiger partial charge is 0.358 e. The Morgan fingerprint density at radius 2 is 2.00 bits per heavy atom. The first-order chi connectivity index (χ1) is 12.0. The van der Waals surface area contributed by atoms with Gasteiger partial charge < -0.3 is 4.98 Å². The highest BCUT2D eigenvalue weighted by molar-refractivity contribution is 6.20. The first kappa shape index (κ1) is 16.1. The van der Waals surface area contributed by atoms with Gasteiger partial charge in [-0.15, -0.1) is 0 Å². The summed E-state index contributed by atoms with van der Waals surface area (Å²) >= 11 is 0. The third-order valence-electron chi connectivity index (χ3n) is 3.88. The van der Waals surface area contributed by atoms with Crippen molar-refractivity contribution in [1.29, 1.82) is 5.26 Å². The highest BCUT2D eigenvalue weighted by atomic mass is 16.6. The normalized spacial score (nSPS) is 11.3. The number of nitrogens with zero attached hydrogens (tertiary/aromatic N) is 2. The lowest BCUT2D eigenvalue weighted by Gasteiger charge is -2.01. The van der Waals surface area contributed by atoms with E-state index in [-0.39, 0.29) is 11.3 Å². The number of nitrogens with one attached hydrogen (secondary N) is 1. The number of hydrogen-bond donors (Lipinski definition) is 1. The third-order valence-corrected chi connectivity index (χ3v) is 3.88. The van der Waals surface area contributed by atoms with Crippen molar-refractivity contribution in [1.82, 2.24) is 4.98 Å². The number of Topliss-reactive ketones (excluding diaryl/α,β-unsaturated/α-hetero) is 1. The van der Waals surface area contributed by atoms with Gasteiger partial charge in [-0.1, -0.05) is 30.3 Å². The molecular weight excluding hydrogens is 318 g/mol. The van der Waals surface area contributed by atoms with Gasteiger partial charge in [-0.05, 0) is 24.6 Å². The van der Waals surface area contributed by atoms with Crippen molar-refractivity contribution in [2.24, 2.45) is 0 Å². The van der Waals surface area contributed by atoms with Crippen LogP contribution in [0.1, 0.15) is 21.6 Å². The van der Waals surface area contributed by atoms with Crippen LogP contribution in [0.25, 0.3) is 17.0 Å². The molecule has 0 fully saturated rings. The van der Waals surface area contributed by atoms with Crippen LogP contribution in [0, 0.1) is 28.4 Å². The van der Waals surface area contributed by atoms with E-state index in [0.717, 1.165) is 10.9 Å². The topological polar surface area (TPSA) is 99.8 Å². The smallest absolute Gasteiger partial charge is 0.270 e. The molecule has 0 unspecified atom stereocenters. The summed E-state index contributed by atoms with van der Waals surface area (Å²) in [7, 11) is 0. The molecule has 6 heteroatoms. The van der Waals surface area contributed by atoms with Gasteiger partial charge in [0.1, 0.15) is 11.6 Å². The molecule has 0 saturated carbocycles. The van der Waals surface area contributed by atoms with Gasteiger partial charge >= 0.3 is 0 Å². The number of rotatable bonds is 4. The van der Waals surface area contributed by atoms with Crippen LogP contribution in [0.3, 0.4) is 0 Å². The summed E-state index contributed by atoms with van der Waals surface area (Å²) in [4.78, 5) is 26.3. The van der Waals surface area contributed by atoms with Crippen LogP contribution < -0.4 is 0 Å². The number of aromatic nitrogens is 1. The standard InChI is InChI=1S/C19H13N3O3/c1-12-18(16-7-2-3-8-17(16)21-12)19(23)14(11-20)9-13-5-4-6-15(10-13)22(24)25/h2-10,21H,1H3/b14-9+. The number of aryl methyl sites for hydroxylation is 1. The van der Waals surface area contributed by atoms with Crippen LogP contribution in [-0.2, 0) is 0 Å². The Kier molecular flexibility index (Phi) is 4.14. The number of carbonyl (C=O) groups is 1. The summed E-state index contributed by atoms with van der Waals surface area (Å²) in [6.45, 7) is 1.77. The van der Waals surface area contributed by atoms with Gasteiger partial charge in [0.25, 0.3) is 5.69 Å². The Morgan fingerprint density at radius 3 is 2.72 bits per heavy atom. The zero-order valence-corrected chi connectivity index (χ0v) is 13.3. The molecule has 3 aromatic rings. The second kappa shape index (κ2) is 6.42. The molecule has 0 aliphatic carbocycles. The number of carbonyl (C=O) groups excluding carboxylic acids is 1. The van der Waals surface area contributed by atoms with E-state index in [4.69, 9.17) is 0 Å². The molecular formula is C19H13N3O3. The monoisotopic (exact) mass is 331 g/mol. The van der Waals surface area contributed by atoms with E-state index in [2.05, 4.69) is 4.98 Å². The first-order valence-corrected chi connectivity index (χ1v) is 7.49. The van der Waals surface area contributed by atoms with Gasteiger partial charge in [0.05, 0.1) is 10.5 Å². The van der Waals surface area contributed by atoms with Gasteiger partial charge in [0.15, 0.2) is 0 Å². The number of fused-ring (bicyclic) bond motifs is 1. The Labute approximate surface area is 143 Å². The number of nitriles is 1. The second-order valence-electron chi connectivity index (χ2n) is 5.52. The molecule has 0 amide bonds. The molecule has 6 nitrogen and oxygen atoms in total. The molecule has 0 bridgehead atoms. The quantitative estimate of drug-likeness (QED) is 0.255. The number of non-ortho nitro benzene ring substituents is 1. The lowest BCUT2D eigenvalue weighted by Crippen LogP contribution is -2.03. The maximum atomic E-state index is 12.9. The summed E-state index contributed by atoms with van der Waals surface area (Å²) in [5.41, 5.74) is 2.18. The highest BCUT2D eigenvalue weighted by Crippen LogP contribution is 2.25. The van der Waals surface area contributed by atoms with Crippen molar-refractivity contribution in [3.63, 3.8) is 0 Å². The van der Waals surface area contributed by atoms with Crippen LogP contribution in [0.2, 0.25) is 0 Å². The van der Waals surface area contributed by atoms with Crippen LogP contribution in [0.5, 0.6) is 0 Å². The summed E-state index contributed by atoms with van der Waals surface area (Å²) in [5.74, 6) is -0.413. The SMILES string of the molecule is Cc1[nH]c2ccccc2c1C(=O)/C(C#N)=C/c1cccc([N+](=O)[O-])c1. The first-order valence-electron chi connectivity index (χ1n) is 7.49. The molecule has 3 rings (SSSR count). The molecule has 122 valence electrons. The predicted octanol–water partition coefficient (Wildman–Crippen LogP) is 4.17. The molecule has 1 heterocycles. The number of hydrogen-bond acceptors (Lipinski definition) is 4. The van der Waals surface area contributed by atoms with Crippen LogP contribution in [-0.4, -0.2) is 15.7 Å². The fourth-order valence-electron chi connectivity index (χ4n) is 2.75. The second-order valence-corrected chi connectivity index (χ2v) is 5.52. The molecule has 25 heavy (non-hydrogen) atoms. The molecule has 0 spiro atoms. The van der Waals surface area contributed by atoms with Crippen molar-refractivity contribution in [3.05, 3.63) is 81.0 Å². The molecule has 0 saturated heterocycles. The zero-order valence-electron chi connectivity index (χ0n) is 13.3. The molecule has 1 aromatic heterocycles. The Hall–Kier alpha value is -3.72. The van der Waals surface area contributed by atoms with E-state index in [1.165, 1.54) is 24.3 Å². The maximum Gasteiger partial charge on any atom is 0.270 e. The molecule has 0 radical (unpaired) electrons. The number of aromatic amines is 1. The number of nitro groups is 1. The number of para-hydroxylation sites is 1. The van der Waals surface area contributed by atoms with E-state index in [1.54, 1.807) is 13.0 Å². The van der Waals surface area contributed by atoms with Crippen molar-refractivity contribution < 1.29 is 9.72 Å². The van der Waals surface area contributed by atoms with Crippen LogP contribution in [0.15, 0.2) is 54.1 Å². The molecule has 1 N–H and O–H groups in total. The number of ketones is 1.